The summed E-state index contributed by atoms with van der Waals surface area (Å²) in [6.45, 7) is 3.03. The Labute approximate surface area is 134 Å². The fourth-order valence-corrected chi connectivity index (χ4v) is 3.67. The topological polar surface area (TPSA) is 22.2 Å². The third-order valence-electron chi connectivity index (χ3n) is 3.30. The zero-order chi connectivity index (χ0) is 14.1. The highest BCUT2D eigenvalue weighted by Gasteiger charge is 2.08. The average Bonchev–Trinajstić information content (AvgIpc) is 2.99. The molecule has 0 saturated carbocycles. The SMILES string of the molecule is CCCc1ccn(Cc2cnc3c(Br)cc(Br)cn23)c1. The van der Waals surface area contributed by atoms with Crippen molar-refractivity contribution in [2.24, 2.45) is 0 Å². The van der Waals surface area contributed by atoms with E-state index in [0.717, 1.165) is 27.6 Å². The zero-order valence-electron chi connectivity index (χ0n) is 11.2. The van der Waals surface area contributed by atoms with Crippen LogP contribution in [0.5, 0.6) is 0 Å². The van der Waals surface area contributed by atoms with Gasteiger partial charge in [0.05, 0.1) is 22.9 Å². The molecule has 20 heavy (non-hydrogen) atoms. The lowest BCUT2D eigenvalue weighted by atomic mass is 10.2. The van der Waals surface area contributed by atoms with E-state index in [4.69, 9.17) is 0 Å². The van der Waals surface area contributed by atoms with Crippen molar-refractivity contribution in [3.8, 4) is 0 Å². The highest BCUT2D eigenvalue weighted by Crippen LogP contribution is 2.23. The third kappa shape index (κ3) is 2.69. The van der Waals surface area contributed by atoms with Gasteiger partial charge in [-0.3, -0.25) is 0 Å². The largest absolute Gasteiger partial charge is 0.348 e. The number of fused-ring (bicyclic) bond motifs is 1. The molecule has 0 fully saturated rings. The minimum atomic E-state index is 0.827. The van der Waals surface area contributed by atoms with Crippen LogP contribution in [0.25, 0.3) is 5.65 Å². The van der Waals surface area contributed by atoms with Crippen LogP contribution in [-0.4, -0.2) is 14.0 Å². The van der Waals surface area contributed by atoms with E-state index < -0.39 is 0 Å². The van der Waals surface area contributed by atoms with Crippen molar-refractivity contribution < 1.29 is 0 Å². The van der Waals surface area contributed by atoms with Gasteiger partial charge < -0.3 is 8.97 Å². The van der Waals surface area contributed by atoms with Crippen molar-refractivity contribution in [1.82, 2.24) is 14.0 Å². The zero-order valence-corrected chi connectivity index (χ0v) is 14.4. The highest BCUT2D eigenvalue weighted by atomic mass is 79.9. The van der Waals surface area contributed by atoms with Gasteiger partial charge >= 0.3 is 0 Å². The quantitative estimate of drug-likeness (QED) is 0.628. The van der Waals surface area contributed by atoms with Crippen LogP contribution in [0, 0.1) is 0 Å². The number of imidazole rings is 1. The predicted molar refractivity (Wildman–Crippen MR) is 88.1 cm³/mol. The summed E-state index contributed by atoms with van der Waals surface area (Å²) in [4.78, 5) is 4.48. The Balaban J connectivity index is 1.94. The first-order valence-corrected chi connectivity index (χ1v) is 8.21. The molecule has 5 heteroatoms. The summed E-state index contributed by atoms with van der Waals surface area (Å²) < 4.78 is 6.37. The van der Waals surface area contributed by atoms with Gasteiger partial charge in [-0.2, -0.15) is 0 Å². The van der Waals surface area contributed by atoms with Crippen LogP contribution in [0.4, 0.5) is 0 Å². The Morgan fingerprint density at radius 3 is 2.90 bits per heavy atom. The van der Waals surface area contributed by atoms with Gasteiger partial charge in [-0.25, -0.2) is 4.98 Å². The normalized spacial score (nSPS) is 11.3. The van der Waals surface area contributed by atoms with Gasteiger partial charge in [0.15, 0.2) is 5.65 Å². The Hall–Kier alpha value is -1.07. The number of aromatic nitrogens is 3. The smallest absolute Gasteiger partial charge is 0.151 e. The van der Waals surface area contributed by atoms with Crippen molar-refractivity contribution in [1.29, 1.82) is 0 Å². The lowest BCUT2D eigenvalue weighted by Gasteiger charge is -2.05. The fourth-order valence-electron chi connectivity index (χ4n) is 2.39. The molecular weight excluding hydrogens is 382 g/mol. The van der Waals surface area contributed by atoms with Gasteiger partial charge in [-0.05, 0) is 56.0 Å². The van der Waals surface area contributed by atoms with Crippen LogP contribution < -0.4 is 0 Å². The summed E-state index contributed by atoms with van der Waals surface area (Å²) in [5, 5.41) is 0. The molecular formula is C15H15Br2N3. The van der Waals surface area contributed by atoms with E-state index in [0.29, 0.717) is 0 Å². The summed E-state index contributed by atoms with van der Waals surface area (Å²) in [7, 11) is 0. The Kier molecular flexibility index (Phi) is 3.98. The molecule has 0 unspecified atom stereocenters. The summed E-state index contributed by atoms with van der Waals surface area (Å²) >= 11 is 7.08. The molecule has 0 aliphatic rings. The van der Waals surface area contributed by atoms with E-state index in [9.17, 15) is 0 Å². The lowest BCUT2D eigenvalue weighted by Crippen LogP contribution is -2.00. The maximum atomic E-state index is 4.48. The van der Waals surface area contributed by atoms with Gasteiger partial charge in [-0.1, -0.05) is 13.3 Å². The van der Waals surface area contributed by atoms with E-state index in [-0.39, 0.29) is 0 Å². The molecule has 0 radical (unpaired) electrons. The second-order valence-corrected chi connectivity index (χ2v) is 6.66. The van der Waals surface area contributed by atoms with Gasteiger partial charge in [-0.15, -0.1) is 0 Å². The van der Waals surface area contributed by atoms with Crippen LogP contribution in [0.2, 0.25) is 0 Å². The second-order valence-electron chi connectivity index (χ2n) is 4.89. The van der Waals surface area contributed by atoms with E-state index in [1.54, 1.807) is 0 Å². The number of halogens is 2. The summed E-state index contributed by atoms with van der Waals surface area (Å²) in [6.07, 6.45) is 10.7. The molecule has 3 nitrogen and oxygen atoms in total. The molecule has 3 aromatic heterocycles. The van der Waals surface area contributed by atoms with Crippen LogP contribution >= 0.6 is 31.9 Å². The molecule has 3 rings (SSSR count). The van der Waals surface area contributed by atoms with Crippen molar-refractivity contribution >= 4 is 37.5 Å². The molecule has 3 heterocycles. The number of hydrogen-bond acceptors (Lipinski definition) is 1. The van der Waals surface area contributed by atoms with Crippen LogP contribution in [0.3, 0.4) is 0 Å². The molecule has 0 saturated heterocycles. The molecule has 0 N–H and O–H groups in total. The van der Waals surface area contributed by atoms with Crippen LogP contribution in [-0.2, 0) is 13.0 Å². The third-order valence-corrected chi connectivity index (χ3v) is 4.32. The minimum Gasteiger partial charge on any atom is -0.348 e. The van der Waals surface area contributed by atoms with Gasteiger partial charge in [0, 0.05) is 23.1 Å². The number of rotatable bonds is 4. The number of aryl methyl sites for hydroxylation is 1. The standard InChI is InChI=1S/C15H15Br2N3/c1-2-3-11-4-5-19(8-11)10-13-7-18-15-14(17)6-12(16)9-20(13)15/h4-9H,2-3,10H2,1H3. The van der Waals surface area contributed by atoms with E-state index in [1.165, 1.54) is 17.7 Å². The molecule has 0 amide bonds. The van der Waals surface area contributed by atoms with E-state index in [2.05, 4.69) is 77.4 Å². The number of nitrogens with zero attached hydrogens (tertiary/aromatic N) is 3. The van der Waals surface area contributed by atoms with Gasteiger partial charge in [0.2, 0.25) is 0 Å². The molecule has 0 bridgehead atoms. The van der Waals surface area contributed by atoms with Gasteiger partial charge in [0.25, 0.3) is 0 Å². The molecule has 3 aromatic rings. The average molecular weight is 397 g/mol. The lowest BCUT2D eigenvalue weighted by molar-refractivity contribution is 0.766. The van der Waals surface area contributed by atoms with Crippen molar-refractivity contribution in [3.63, 3.8) is 0 Å². The number of hydrogen-bond donors (Lipinski definition) is 0. The second kappa shape index (κ2) is 5.74. The van der Waals surface area contributed by atoms with Crippen molar-refractivity contribution in [2.75, 3.05) is 0 Å². The Morgan fingerprint density at radius 1 is 1.25 bits per heavy atom. The molecule has 0 aliphatic heterocycles. The summed E-state index contributed by atoms with van der Waals surface area (Å²) in [6, 6.07) is 4.21. The predicted octanol–water partition coefficient (Wildman–Crippen LogP) is 4.66. The van der Waals surface area contributed by atoms with Gasteiger partial charge in [0.1, 0.15) is 0 Å². The molecule has 0 spiro atoms. The van der Waals surface area contributed by atoms with Crippen molar-refractivity contribution in [2.45, 2.75) is 26.3 Å². The van der Waals surface area contributed by atoms with E-state index in [1.807, 2.05) is 12.3 Å². The molecule has 0 aromatic carbocycles. The van der Waals surface area contributed by atoms with Crippen molar-refractivity contribution in [3.05, 3.63) is 57.1 Å². The summed E-state index contributed by atoms with van der Waals surface area (Å²) in [5.74, 6) is 0. The number of pyridine rings is 1. The minimum absolute atomic E-state index is 0.827. The fraction of sp³-hybridized carbons (Fsp3) is 0.267. The Morgan fingerprint density at radius 2 is 2.10 bits per heavy atom. The molecule has 0 atom stereocenters. The Bertz CT molecular complexity index is 743. The molecule has 104 valence electrons. The molecule has 0 aliphatic carbocycles. The van der Waals surface area contributed by atoms with Crippen LogP contribution in [0.15, 0.2) is 45.9 Å². The first-order valence-electron chi connectivity index (χ1n) is 6.63. The highest BCUT2D eigenvalue weighted by molar-refractivity contribution is 9.11. The van der Waals surface area contributed by atoms with E-state index >= 15 is 0 Å². The maximum absolute atomic E-state index is 4.48. The first kappa shape index (κ1) is 13.9. The summed E-state index contributed by atoms with van der Waals surface area (Å²) in [5.41, 5.74) is 3.51. The first-order chi connectivity index (χ1) is 9.67. The maximum Gasteiger partial charge on any atom is 0.151 e. The van der Waals surface area contributed by atoms with Crippen LogP contribution in [0.1, 0.15) is 24.6 Å². The monoisotopic (exact) mass is 395 g/mol.